The van der Waals surface area contributed by atoms with Crippen LogP contribution in [0.25, 0.3) is 0 Å². The fourth-order valence-electron chi connectivity index (χ4n) is 2.87. The molecule has 0 radical (unpaired) electrons. The third kappa shape index (κ3) is 4.42. The Bertz CT molecular complexity index is 481. The molecule has 1 aliphatic carbocycles. The molecule has 3 nitrogen and oxygen atoms in total. The Labute approximate surface area is 132 Å². The molecule has 2 N–H and O–H groups in total. The van der Waals surface area contributed by atoms with Crippen LogP contribution in [0.3, 0.4) is 0 Å². The summed E-state index contributed by atoms with van der Waals surface area (Å²) >= 11 is 0. The highest BCUT2D eigenvalue weighted by molar-refractivity contribution is 5.85. The van der Waals surface area contributed by atoms with Gasteiger partial charge in [0.1, 0.15) is 5.82 Å². The second kappa shape index (κ2) is 8.35. The molecule has 1 aromatic rings. The minimum absolute atomic E-state index is 0. The van der Waals surface area contributed by atoms with Gasteiger partial charge in [0.2, 0.25) is 5.91 Å². The highest BCUT2D eigenvalue weighted by Crippen LogP contribution is 2.35. The predicted molar refractivity (Wildman–Crippen MR) is 85.2 cm³/mol. The lowest BCUT2D eigenvalue weighted by atomic mass is 9.80. The summed E-state index contributed by atoms with van der Waals surface area (Å²) in [5.74, 6) is 0.246. The molecule has 118 valence electrons. The Hall–Kier alpha value is -1.13. The van der Waals surface area contributed by atoms with E-state index in [9.17, 15) is 9.18 Å². The zero-order chi connectivity index (χ0) is 14.5. The van der Waals surface area contributed by atoms with E-state index < -0.39 is 0 Å². The average Bonchev–Trinajstić information content (AvgIpc) is 2.43. The Balaban J connectivity index is 0.00000220. The standard InChI is InChI=1S/C16H23FN2O.ClH/c1-11-8-9-12-13(5-3-6-14(12)17)16(11)19-15(20)7-4-10-18-2;/h3,5-6,11,16,18H,4,7-10H2,1-2H3,(H,19,20);1H. The third-order valence-corrected chi connectivity index (χ3v) is 4.06. The maximum atomic E-state index is 13.8. The number of nitrogens with one attached hydrogen (secondary N) is 2. The Morgan fingerprint density at radius 1 is 1.43 bits per heavy atom. The molecule has 1 aliphatic rings. The molecule has 0 heterocycles. The first kappa shape index (κ1) is 17.9. The van der Waals surface area contributed by atoms with Crippen LogP contribution in [0.5, 0.6) is 0 Å². The van der Waals surface area contributed by atoms with Gasteiger partial charge in [-0.2, -0.15) is 0 Å². The van der Waals surface area contributed by atoms with Crippen LogP contribution in [0, 0.1) is 11.7 Å². The van der Waals surface area contributed by atoms with Gasteiger partial charge in [-0.1, -0.05) is 19.1 Å². The van der Waals surface area contributed by atoms with Gasteiger partial charge in [0.15, 0.2) is 0 Å². The molecule has 0 aromatic heterocycles. The number of fused-ring (bicyclic) bond motifs is 1. The number of hydrogen-bond acceptors (Lipinski definition) is 2. The molecule has 0 saturated carbocycles. The summed E-state index contributed by atoms with van der Waals surface area (Å²) in [5.41, 5.74) is 1.72. The van der Waals surface area contributed by atoms with Crippen LogP contribution in [0.2, 0.25) is 0 Å². The van der Waals surface area contributed by atoms with E-state index in [4.69, 9.17) is 0 Å². The Morgan fingerprint density at radius 2 is 2.19 bits per heavy atom. The molecule has 0 aliphatic heterocycles. The second-order valence-electron chi connectivity index (χ2n) is 5.58. The summed E-state index contributed by atoms with van der Waals surface area (Å²) < 4.78 is 13.8. The number of hydrogen-bond donors (Lipinski definition) is 2. The summed E-state index contributed by atoms with van der Waals surface area (Å²) in [6.45, 7) is 2.95. The lowest BCUT2D eigenvalue weighted by Gasteiger charge is -2.32. The first-order valence-corrected chi connectivity index (χ1v) is 7.34. The zero-order valence-corrected chi connectivity index (χ0v) is 13.4. The molecule has 2 atom stereocenters. The van der Waals surface area contributed by atoms with Gasteiger partial charge in [0.05, 0.1) is 6.04 Å². The van der Waals surface area contributed by atoms with Gasteiger partial charge in [0.25, 0.3) is 0 Å². The van der Waals surface area contributed by atoms with Gasteiger partial charge in [-0.15, -0.1) is 12.4 Å². The molecule has 2 unspecified atom stereocenters. The van der Waals surface area contributed by atoms with Crippen molar-refractivity contribution in [3.05, 3.63) is 35.1 Å². The molecule has 21 heavy (non-hydrogen) atoms. The largest absolute Gasteiger partial charge is 0.349 e. The normalized spacial score (nSPS) is 20.3. The topological polar surface area (TPSA) is 41.1 Å². The minimum atomic E-state index is -0.149. The highest BCUT2D eigenvalue weighted by Gasteiger charge is 2.29. The van der Waals surface area contributed by atoms with E-state index in [0.29, 0.717) is 12.3 Å². The van der Waals surface area contributed by atoms with Crippen molar-refractivity contribution in [1.82, 2.24) is 10.6 Å². The molecular weight excluding hydrogens is 291 g/mol. The molecule has 0 bridgehead atoms. The molecule has 0 saturated heterocycles. The van der Waals surface area contributed by atoms with E-state index in [2.05, 4.69) is 17.6 Å². The summed E-state index contributed by atoms with van der Waals surface area (Å²) in [5, 5.41) is 6.11. The minimum Gasteiger partial charge on any atom is -0.349 e. The first-order valence-electron chi connectivity index (χ1n) is 7.34. The summed E-state index contributed by atoms with van der Waals surface area (Å²) in [6.07, 6.45) is 3.00. The van der Waals surface area contributed by atoms with Crippen LogP contribution >= 0.6 is 12.4 Å². The molecule has 0 spiro atoms. The average molecular weight is 315 g/mol. The summed E-state index contributed by atoms with van der Waals surface area (Å²) in [4.78, 5) is 12.0. The number of rotatable bonds is 5. The number of amides is 1. The van der Waals surface area contributed by atoms with Gasteiger partial charge in [-0.3, -0.25) is 4.79 Å². The predicted octanol–water partition coefficient (Wildman–Crippen LogP) is 2.99. The van der Waals surface area contributed by atoms with Crippen LogP contribution in [-0.2, 0) is 11.2 Å². The smallest absolute Gasteiger partial charge is 0.220 e. The lowest BCUT2D eigenvalue weighted by molar-refractivity contribution is -0.122. The Kier molecular flexibility index (Phi) is 7.12. The molecular formula is C16H24ClFN2O. The summed E-state index contributed by atoms with van der Waals surface area (Å²) in [6, 6.07) is 5.11. The van der Waals surface area contributed by atoms with Crippen LogP contribution in [-0.4, -0.2) is 19.5 Å². The first-order chi connectivity index (χ1) is 9.63. The van der Waals surface area contributed by atoms with Gasteiger partial charge in [0, 0.05) is 6.42 Å². The van der Waals surface area contributed by atoms with Gasteiger partial charge in [-0.25, -0.2) is 4.39 Å². The number of carbonyl (C=O) groups is 1. The molecule has 5 heteroatoms. The van der Waals surface area contributed by atoms with Crippen molar-refractivity contribution < 1.29 is 9.18 Å². The maximum Gasteiger partial charge on any atom is 0.220 e. The van der Waals surface area contributed by atoms with E-state index in [0.717, 1.165) is 36.9 Å². The van der Waals surface area contributed by atoms with E-state index >= 15 is 0 Å². The van der Waals surface area contributed by atoms with E-state index in [1.54, 1.807) is 6.07 Å². The van der Waals surface area contributed by atoms with Gasteiger partial charge >= 0.3 is 0 Å². The number of carbonyl (C=O) groups excluding carboxylic acids is 1. The SMILES string of the molecule is CNCCCC(=O)NC1c2cccc(F)c2CCC1C.Cl. The van der Waals surface area contributed by atoms with E-state index in [-0.39, 0.29) is 30.2 Å². The van der Waals surface area contributed by atoms with Gasteiger partial charge < -0.3 is 10.6 Å². The van der Waals surface area contributed by atoms with E-state index in [1.165, 1.54) is 6.07 Å². The van der Waals surface area contributed by atoms with Crippen molar-refractivity contribution in [3.8, 4) is 0 Å². The molecule has 0 fully saturated rings. The van der Waals surface area contributed by atoms with Crippen LogP contribution < -0.4 is 10.6 Å². The van der Waals surface area contributed by atoms with Crippen molar-refractivity contribution in [1.29, 1.82) is 0 Å². The fraction of sp³-hybridized carbons (Fsp3) is 0.562. The van der Waals surface area contributed by atoms with Crippen molar-refractivity contribution in [2.75, 3.05) is 13.6 Å². The van der Waals surface area contributed by atoms with Crippen LogP contribution in [0.15, 0.2) is 18.2 Å². The van der Waals surface area contributed by atoms with Gasteiger partial charge in [-0.05, 0) is 56.0 Å². The fourth-order valence-corrected chi connectivity index (χ4v) is 2.87. The second-order valence-corrected chi connectivity index (χ2v) is 5.58. The molecule has 2 rings (SSSR count). The van der Waals surface area contributed by atoms with E-state index in [1.807, 2.05) is 13.1 Å². The highest BCUT2D eigenvalue weighted by atomic mass is 35.5. The van der Waals surface area contributed by atoms with Crippen molar-refractivity contribution in [3.63, 3.8) is 0 Å². The zero-order valence-electron chi connectivity index (χ0n) is 12.6. The van der Waals surface area contributed by atoms with Crippen molar-refractivity contribution in [2.45, 2.75) is 38.6 Å². The molecule has 1 aromatic carbocycles. The maximum absolute atomic E-state index is 13.8. The van der Waals surface area contributed by atoms with Crippen molar-refractivity contribution in [2.24, 2.45) is 5.92 Å². The summed E-state index contributed by atoms with van der Waals surface area (Å²) in [7, 11) is 1.88. The monoisotopic (exact) mass is 314 g/mol. The molecule has 1 amide bonds. The van der Waals surface area contributed by atoms with Crippen molar-refractivity contribution >= 4 is 18.3 Å². The number of halogens is 2. The quantitative estimate of drug-likeness (QED) is 0.820. The number of benzene rings is 1. The third-order valence-electron chi connectivity index (χ3n) is 4.06. The Morgan fingerprint density at radius 3 is 2.90 bits per heavy atom. The van der Waals surface area contributed by atoms with Crippen LogP contribution in [0.4, 0.5) is 4.39 Å². The van der Waals surface area contributed by atoms with Crippen LogP contribution in [0.1, 0.15) is 43.4 Å². The lowest BCUT2D eigenvalue weighted by Crippen LogP contribution is -2.35.